The van der Waals surface area contributed by atoms with Crippen LogP contribution in [0.25, 0.3) is 11.0 Å². The van der Waals surface area contributed by atoms with Crippen LogP contribution in [0.2, 0.25) is 5.02 Å². The maximum absolute atomic E-state index is 12.0. The van der Waals surface area contributed by atoms with Crippen LogP contribution in [0, 0.1) is 0 Å². The third-order valence-corrected chi connectivity index (χ3v) is 4.78. The first kappa shape index (κ1) is 17.6. The number of hydrogen-bond donors (Lipinski definition) is 2. The maximum atomic E-state index is 12.0. The van der Waals surface area contributed by atoms with E-state index in [1.54, 1.807) is 7.11 Å². The number of halogens is 1. The number of ether oxygens (including phenoxy) is 1. The summed E-state index contributed by atoms with van der Waals surface area (Å²) in [7, 11) is 1.63. The zero-order chi connectivity index (χ0) is 17.6. The molecule has 0 saturated carbocycles. The van der Waals surface area contributed by atoms with Crippen molar-refractivity contribution in [1.29, 1.82) is 0 Å². The van der Waals surface area contributed by atoms with Crippen LogP contribution in [0.15, 0.2) is 47.6 Å². The number of imidazole rings is 1. The highest BCUT2D eigenvalue weighted by Gasteiger charge is 2.08. The fraction of sp³-hybridized carbons (Fsp3) is 0.222. The number of fused-ring (bicyclic) bond motifs is 1. The minimum absolute atomic E-state index is 0.0167. The number of aromatic nitrogens is 2. The molecule has 3 aromatic rings. The summed E-state index contributed by atoms with van der Waals surface area (Å²) >= 11 is 7.23. The van der Waals surface area contributed by atoms with E-state index in [1.807, 2.05) is 42.5 Å². The molecule has 0 bridgehead atoms. The van der Waals surface area contributed by atoms with Gasteiger partial charge in [-0.15, -0.1) is 0 Å². The Morgan fingerprint density at radius 1 is 1.28 bits per heavy atom. The van der Waals surface area contributed by atoms with E-state index in [1.165, 1.54) is 11.8 Å². The zero-order valence-electron chi connectivity index (χ0n) is 13.7. The first-order valence-electron chi connectivity index (χ1n) is 7.82. The van der Waals surface area contributed by atoms with Crippen molar-refractivity contribution in [1.82, 2.24) is 15.3 Å². The molecule has 0 saturated heterocycles. The standard InChI is InChI=1S/C18H18ClN3O2S/c1-24-14-6-7-15-16(10-14)22-18(21-15)25-11-17(23)20-9-8-12-2-4-13(19)5-3-12/h2-7,10H,8-9,11H2,1H3,(H,20,23)(H,21,22). The van der Waals surface area contributed by atoms with E-state index in [-0.39, 0.29) is 5.91 Å². The SMILES string of the molecule is COc1ccc2nc(SCC(=O)NCCc3ccc(Cl)cc3)[nH]c2c1. The monoisotopic (exact) mass is 375 g/mol. The molecule has 2 N–H and O–H groups in total. The lowest BCUT2D eigenvalue weighted by atomic mass is 10.1. The summed E-state index contributed by atoms with van der Waals surface area (Å²) in [6, 6.07) is 13.3. The van der Waals surface area contributed by atoms with E-state index in [0.29, 0.717) is 17.3 Å². The number of methoxy groups -OCH3 is 1. The number of hydrogen-bond acceptors (Lipinski definition) is 4. The number of amides is 1. The Balaban J connectivity index is 1.46. The van der Waals surface area contributed by atoms with Crippen molar-refractivity contribution in [2.75, 3.05) is 19.4 Å². The number of nitrogens with zero attached hydrogens (tertiary/aromatic N) is 1. The van der Waals surface area contributed by atoms with E-state index in [2.05, 4.69) is 15.3 Å². The van der Waals surface area contributed by atoms with Gasteiger partial charge in [-0.1, -0.05) is 35.5 Å². The lowest BCUT2D eigenvalue weighted by Gasteiger charge is -2.04. The number of aromatic amines is 1. The summed E-state index contributed by atoms with van der Waals surface area (Å²) in [5.74, 6) is 1.07. The van der Waals surface area contributed by atoms with Crippen LogP contribution in [0.4, 0.5) is 0 Å². The third kappa shape index (κ3) is 4.90. The minimum Gasteiger partial charge on any atom is -0.497 e. The van der Waals surface area contributed by atoms with Gasteiger partial charge in [-0.2, -0.15) is 0 Å². The summed E-state index contributed by atoms with van der Waals surface area (Å²) in [6.07, 6.45) is 0.776. The van der Waals surface area contributed by atoms with Gasteiger partial charge in [0.1, 0.15) is 5.75 Å². The lowest BCUT2D eigenvalue weighted by molar-refractivity contribution is -0.118. The number of thioether (sulfide) groups is 1. The predicted octanol–water partition coefficient (Wildman–Crippen LogP) is 3.68. The normalized spacial score (nSPS) is 10.8. The number of H-pyrrole nitrogens is 1. The van der Waals surface area contributed by atoms with Crippen molar-refractivity contribution in [2.45, 2.75) is 11.6 Å². The molecule has 0 atom stereocenters. The predicted molar refractivity (Wildman–Crippen MR) is 102 cm³/mol. The molecule has 7 heteroatoms. The number of rotatable bonds is 7. The molecular formula is C18H18ClN3O2S. The molecule has 5 nitrogen and oxygen atoms in total. The molecule has 1 amide bonds. The van der Waals surface area contributed by atoms with Gasteiger partial charge in [0.15, 0.2) is 5.16 Å². The second kappa shape index (κ2) is 8.27. The van der Waals surface area contributed by atoms with Crippen LogP contribution in [-0.2, 0) is 11.2 Å². The summed E-state index contributed by atoms with van der Waals surface area (Å²) in [5.41, 5.74) is 2.89. The minimum atomic E-state index is -0.0167. The van der Waals surface area contributed by atoms with Crippen molar-refractivity contribution in [3.8, 4) is 5.75 Å². The molecule has 1 heterocycles. The van der Waals surface area contributed by atoms with E-state index < -0.39 is 0 Å². The molecule has 130 valence electrons. The van der Waals surface area contributed by atoms with Crippen molar-refractivity contribution in [3.63, 3.8) is 0 Å². The molecule has 0 radical (unpaired) electrons. The van der Waals surface area contributed by atoms with Crippen molar-refractivity contribution in [3.05, 3.63) is 53.1 Å². The molecule has 3 rings (SSSR count). The largest absolute Gasteiger partial charge is 0.497 e. The van der Waals surface area contributed by atoms with Crippen LogP contribution in [0.3, 0.4) is 0 Å². The molecule has 0 aliphatic carbocycles. The molecule has 2 aromatic carbocycles. The van der Waals surface area contributed by atoms with E-state index in [4.69, 9.17) is 16.3 Å². The van der Waals surface area contributed by atoms with Crippen LogP contribution in [-0.4, -0.2) is 35.3 Å². The smallest absolute Gasteiger partial charge is 0.230 e. The average Bonchev–Trinajstić information content (AvgIpc) is 3.03. The van der Waals surface area contributed by atoms with Gasteiger partial charge in [0.25, 0.3) is 0 Å². The van der Waals surface area contributed by atoms with Crippen LogP contribution in [0.5, 0.6) is 5.75 Å². The number of carbonyl (C=O) groups is 1. The Hall–Kier alpha value is -2.18. The van der Waals surface area contributed by atoms with Crippen LogP contribution in [0.1, 0.15) is 5.56 Å². The molecule has 0 fully saturated rings. The highest BCUT2D eigenvalue weighted by molar-refractivity contribution is 7.99. The van der Waals surface area contributed by atoms with E-state index in [9.17, 15) is 4.79 Å². The fourth-order valence-electron chi connectivity index (χ4n) is 2.34. The van der Waals surface area contributed by atoms with Gasteiger partial charge in [0, 0.05) is 17.6 Å². The van der Waals surface area contributed by atoms with Crippen molar-refractivity contribution < 1.29 is 9.53 Å². The second-order valence-corrected chi connectivity index (χ2v) is 6.84. The highest BCUT2D eigenvalue weighted by atomic mass is 35.5. The first-order valence-corrected chi connectivity index (χ1v) is 9.18. The van der Waals surface area contributed by atoms with Crippen molar-refractivity contribution in [2.24, 2.45) is 0 Å². The topological polar surface area (TPSA) is 67.0 Å². The third-order valence-electron chi connectivity index (χ3n) is 3.66. The van der Waals surface area contributed by atoms with Gasteiger partial charge in [-0.05, 0) is 36.2 Å². The number of benzene rings is 2. The second-order valence-electron chi connectivity index (χ2n) is 5.44. The van der Waals surface area contributed by atoms with Gasteiger partial charge >= 0.3 is 0 Å². The molecule has 1 aromatic heterocycles. The molecule has 0 aliphatic rings. The van der Waals surface area contributed by atoms with Crippen molar-refractivity contribution >= 4 is 40.3 Å². The Morgan fingerprint density at radius 3 is 2.84 bits per heavy atom. The summed E-state index contributed by atoms with van der Waals surface area (Å²) in [4.78, 5) is 19.6. The molecule has 0 unspecified atom stereocenters. The molecule has 25 heavy (non-hydrogen) atoms. The van der Waals surface area contributed by atoms with Crippen LogP contribution >= 0.6 is 23.4 Å². The van der Waals surface area contributed by atoms with Crippen LogP contribution < -0.4 is 10.1 Å². The summed E-state index contributed by atoms with van der Waals surface area (Å²) < 4.78 is 5.19. The molecule has 0 aliphatic heterocycles. The maximum Gasteiger partial charge on any atom is 0.230 e. The van der Waals surface area contributed by atoms with E-state index in [0.717, 1.165) is 33.9 Å². The van der Waals surface area contributed by atoms with Gasteiger partial charge in [0.05, 0.1) is 23.9 Å². The Morgan fingerprint density at radius 2 is 2.08 bits per heavy atom. The molecular weight excluding hydrogens is 358 g/mol. The van der Waals surface area contributed by atoms with Gasteiger partial charge in [0.2, 0.25) is 5.91 Å². The molecule has 0 spiro atoms. The summed E-state index contributed by atoms with van der Waals surface area (Å²) in [5, 5.41) is 4.35. The van der Waals surface area contributed by atoms with Gasteiger partial charge in [-0.25, -0.2) is 4.98 Å². The van der Waals surface area contributed by atoms with Gasteiger partial charge in [-0.3, -0.25) is 4.79 Å². The number of carbonyl (C=O) groups excluding carboxylic acids is 1. The zero-order valence-corrected chi connectivity index (χ0v) is 15.3. The Kier molecular flexibility index (Phi) is 5.83. The quantitative estimate of drug-likeness (QED) is 0.618. The highest BCUT2D eigenvalue weighted by Crippen LogP contribution is 2.22. The Labute approximate surface area is 155 Å². The Bertz CT molecular complexity index is 864. The summed E-state index contributed by atoms with van der Waals surface area (Å²) in [6.45, 7) is 0.596. The number of nitrogens with one attached hydrogen (secondary N) is 2. The lowest BCUT2D eigenvalue weighted by Crippen LogP contribution is -2.27. The van der Waals surface area contributed by atoms with Gasteiger partial charge < -0.3 is 15.0 Å². The fourth-order valence-corrected chi connectivity index (χ4v) is 3.18. The first-order chi connectivity index (χ1) is 12.1. The van der Waals surface area contributed by atoms with E-state index >= 15 is 0 Å². The average molecular weight is 376 g/mol.